The smallest absolute Gasteiger partial charge is 0.344 e. The third-order valence-electron chi connectivity index (χ3n) is 7.84. The fourth-order valence-electron chi connectivity index (χ4n) is 4.94. The quantitative estimate of drug-likeness (QED) is 0.0788. The SMILES string of the molecule is COc1ccc(C(=O)N/N=C/c2ccc(C)c3ncccc23)cc1.Cc1ccc(/C=N/N2CC(=O)NC2=O)o1.Cc1ccc(/C=N/NC(=O)c2ccc(O)cc2)o1. The molecule has 16 heteroatoms. The van der Waals surface area contributed by atoms with E-state index in [2.05, 4.69) is 36.5 Å². The van der Waals surface area contributed by atoms with E-state index in [9.17, 15) is 19.2 Å². The molecule has 0 aliphatic carbocycles. The summed E-state index contributed by atoms with van der Waals surface area (Å²) in [6.45, 7) is 5.60. The van der Waals surface area contributed by atoms with Crippen molar-refractivity contribution in [2.75, 3.05) is 13.7 Å². The summed E-state index contributed by atoms with van der Waals surface area (Å²) in [5, 5.41) is 24.9. The first-order chi connectivity index (χ1) is 27.5. The molecule has 0 radical (unpaired) electrons. The zero-order valence-corrected chi connectivity index (χ0v) is 31.3. The molecule has 1 aliphatic heterocycles. The predicted molar refractivity (Wildman–Crippen MR) is 212 cm³/mol. The average molecular weight is 771 g/mol. The standard InChI is InChI=1S/C19H17N3O2.C13H12N2O3.C9H9N3O3/c1-13-5-6-15(17-4-3-11-20-18(13)17)12-21-22-19(23)14-7-9-16(24-2)10-8-14;1-9-2-7-12(18-9)8-14-15-13(17)10-3-5-11(16)6-4-10;1-6-2-3-7(15-6)4-10-12-5-8(13)11-9(12)14/h3-12H,1-2H3,(H,22,23);2-8,16H,1H3,(H,15,17);2-4H,5H2,1H3,(H,11,13,14)/b21-12+;14-8+;10-4+. The first-order valence-corrected chi connectivity index (χ1v) is 17.2. The van der Waals surface area contributed by atoms with Gasteiger partial charge in [0, 0.05) is 28.3 Å². The van der Waals surface area contributed by atoms with Crippen molar-refractivity contribution in [2.24, 2.45) is 15.3 Å². The number of urea groups is 1. The van der Waals surface area contributed by atoms with E-state index in [1.807, 2.05) is 51.1 Å². The number of nitrogens with zero attached hydrogens (tertiary/aromatic N) is 5. The minimum absolute atomic E-state index is 0.0466. The van der Waals surface area contributed by atoms with Gasteiger partial charge in [-0.15, -0.1) is 0 Å². The number of amides is 5. The maximum absolute atomic E-state index is 12.1. The van der Waals surface area contributed by atoms with E-state index in [4.69, 9.17) is 18.7 Å². The van der Waals surface area contributed by atoms with E-state index in [1.54, 1.807) is 62.0 Å². The Bertz CT molecular complexity index is 2430. The number of phenols is 1. The van der Waals surface area contributed by atoms with E-state index in [1.165, 1.54) is 36.7 Å². The van der Waals surface area contributed by atoms with Crippen molar-refractivity contribution in [3.05, 3.63) is 149 Å². The van der Waals surface area contributed by atoms with Gasteiger partial charge in [-0.1, -0.05) is 18.2 Å². The van der Waals surface area contributed by atoms with E-state index in [-0.39, 0.29) is 30.0 Å². The first-order valence-electron chi connectivity index (χ1n) is 17.2. The summed E-state index contributed by atoms with van der Waals surface area (Å²) in [5.41, 5.74) is 8.77. The highest BCUT2D eigenvalue weighted by Crippen LogP contribution is 2.19. The maximum Gasteiger partial charge on any atom is 0.344 e. The van der Waals surface area contributed by atoms with Crippen LogP contribution in [-0.2, 0) is 4.79 Å². The molecule has 5 amide bonds. The molecule has 6 aromatic rings. The molecular formula is C41H38N8O8. The highest BCUT2D eigenvalue weighted by atomic mass is 16.5. The van der Waals surface area contributed by atoms with Crippen LogP contribution in [0.15, 0.2) is 127 Å². The summed E-state index contributed by atoms with van der Waals surface area (Å²) in [5.74, 6) is 2.48. The van der Waals surface area contributed by atoms with Gasteiger partial charge in [0.1, 0.15) is 41.1 Å². The fourth-order valence-corrected chi connectivity index (χ4v) is 4.94. The number of carbonyl (C=O) groups excluding carboxylic acids is 4. The van der Waals surface area contributed by atoms with Crippen LogP contribution < -0.4 is 20.9 Å². The number of hydrogen-bond acceptors (Lipinski definition) is 12. The second kappa shape index (κ2) is 19.4. The number of carbonyl (C=O) groups is 4. The van der Waals surface area contributed by atoms with Crippen LogP contribution in [0.1, 0.15) is 54.9 Å². The maximum atomic E-state index is 12.1. The Balaban J connectivity index is 0.000000168. The summed E-state index contributed by atoms with van der Waals surface area (Å²) >= 11 is 0. The summed E-state index contributed by atoms with van der Waals surface area (Å²) in [4.78, 5) is 49.9. The predicted octanol–water partition coefficient (Wildman–Crippen LogP) is 5.85. The first kappa shape index (κ1) is 40.3. The zero-order valence-electron chi connectivity index (χ0n) is 31.3. The molecule has 0 bridgehead atoms. The van der Waals surface area contributed by atoms with Gasteiger partial charge in [-0.3, -0.25) is 24.7 Å². The van der Waals surface area contributed by atoms with Gasteiger partial charge in [-0.2, -0.15) is 15.3 Å². The molecule has 0 unspecified atom stereocenters. The lowest BCUT2D eigenvalue weighted by Gasteiger charge is -2.04. The molecule has 1 aliphatic rings. The summed E-state index contributed by atoms with van der Waals surface area (Å²) < 4.78 is 15.5. The van der Waals surface area contributed by atoms with Crippen LogP contribution in [0.25, 0.3) is 10.9 Å². The number of methoxy groups -OCH3 is 1. The van der Waals surface area contributed by atoms with Crippen LogP contribution in [0.3, 0.4) is 0 Å². The Hall–Kier alpha value is -7.88. The van der Waals surface area contributed by atoms with E-state index in [0.29, 0.717) is 28.4 Å². The zero-order chi connectivity index (χ0) is 40.7. The molecule has 3 aromatic heterocycles. The molecule has 0 saturated carbocycles. The number of aryl methyl sites for hydroxylation is 3. The normalized spacial score (nSPS) is 12.3. The molecule has 290 valence electrons. The third kappa shape index (κ3) is 11.8. The van der Waals surface area contributed by atoms with Crippen LogP contribution in [0.2, 0.25) is 0 Å². The lowest BCUT2D eigenvalue weighted by Crippen LogP contribution is -2.24. The molecule has 0 spiro atoms. The molecule has 1 saturated heterocycles. The Morgan fingerprint density at radius 3 is 1.95 bits per heavy atom. The number of fused-ring (bicyclic) bond motifs is 1. The number of imide groups is 1. The van der Waals surface area contributed by atoms with Crippen LogP contribution in [0.4, 0.5) is 4.79 Å². The molecule has 16 nitrogen and oxygen atoms in total. The molecule has 3 aromatic carbocycles. The van der Waals surface area contributed by atoms with Crippen molar-refractivity contribution in [3.8, 4) is 11.5 Å². The van der Waals surface area contributed by atoms with Gasteiger partial charge in [-0.25, -0.2) is 20.7 Å². The number of nitrogens with one attached hydrogen (secondary N) is 3. The van der Waals surface area contributed by atoms with E-state index >= 15 is 0 Å². The fraction of sp³-hybridized carbons (Fsp3) is 0.122. The van der Waals surface area contributed by atoms with Gasteiger partial charge in [0.25, 0.3) is 11.8 Å². The summed E-state index contributed by atoms with van der Waals surface area (Å²) in [6, 6.07) is 27.1. The van der Waals surface area contributed by atoms with Crippen LogP contribution >= 0.6 is 0 Å². The van der Waals surface area contributed by atoms with Gasteiger partial charge < -0.3 is 18.7 Å². The van der Waals surface area contributed by atoms with Crippen LogP contribution in [0, 0.1) is 20.8 Å². The Kier molecular flexibility index (Phi) is 13.8. The Labute approximate surface area is 326 Å². The number of furan rings is 2. The van der Waals surface area contributed by atoms with Crippen molar-refractivity contribution in [3.63, 3.8) is 0 Å². The van der Waals surface area contributed by atoms with Gasteiger partial charge in [0.2, 0.25) is 5.91 Å². The van der Waals surface area contributed by atoms with E-state index < -0.39 is 6.03 Å². The molecular weight excluding hydrogens is 732 g/mol. The van der Waals surface area contributed by atoms with Gasteiger partial charge in [-0.05, 0) is 105 Å². The second-order valence-corrected chi connectivity index (χ2v) is 12.1. The number of benzene rings is 3. The number of hydrazone groups is 3. The van der Waals surface area contributed by atoms with Crippen molar-refractivity contribution < 1.29 is 37.9 Å². The minimum atomic E-state index is -0.514. The molecule has 7 rings (SSSR count). The number of ether oxygens (including phenoxy) is 1. The number of aromatic nitrogens is 1. The lowest BCUT2D eigenvalue weighted by atomic mass is 10.1. The Morgan fingerprint density at radius 2 is 1.39 bits per heavy atom. The largest absolute Gasteiger partial charge is 0.508 e. The average Bonchev–Trinajstić information content (AvgIpc) is 3.93. The van der Waals surface area contributed by atoms with Gasteiger partial charge in [0.15, 0.2) is 0 Å². The lowest BCUT2D eigenvalue weighted by molar-refractivity contribution is -0.118. The topological polar surface area (TPSA) is 213 Å². The number of pyridine rings is 1. The highest BCUT2D eigenvalue weighted by molar-refractivity contribution is 6.02. The number of phenolic OH excluding ortho intramolecular Hbond substituents is 1. The summed E-state index contributed by atoms with van der Waals surface area (Å²) in [6.07, 6.45) is 6.21. The molecule has 4 N–H and O–H groups in total. The van der Waals surface area contributed by atoms with Crippen molar-refractivity contribution in [1.82, 2.24) is 26.2 Å². The van der Waals surface area contributed by atoms with Crippen molar-refractivity contribution in [1.29, 1.82) is 0 Å². The minimum Gasteiger partial charge on any atom is -0.508 e. The molecule has 0 atom stereocenters. The van der Waals surface area contributed by atoms with Gasteiger partial charge in [0.05, 0.1) is 31.3 Å². The molecule has 57 heavy (non-hydrogen) atoms. The highest BCUT2D eigenvalue weighted by Gasteiger charge is 2.26. The van der Waals surface area contributed by atoms with Crippen molar-refractivity contribution in [2.45, 2.75) is 20.8 Å². The van der Waals surface area contributed by atoms with Crippen LogP contribution in [0.5, 0.6) is 11.5 Å². The molecule has 1 fully saturated rings. The van der Waals surface area contributed by atoms with Crippen molar-refractivity contribution >= 4 is 53.3 Å². The second-order valence-electron chi connectivity index (χ2n) is 12.1. The monoisotopic (exact) mass is 770 g/mol. The number of aromatic hydroxyl groups is 1. The van der Waals surface area contributed by atoms with Crippen LogP contribution in [-0.4, -0.2) is 71.2 Å². The van der Waals surface area contributed by atoms with Gasteiger partial charge >= 0.3 is 6.03 Å². The number of hydrogen-bond donors (Lipinski definition) is 4. The van der Waals surface area contributed by atoms with E-state index in [0.717, 1.165) is 38.6 Å². The third-order valence-corrected chi connectivity index (χ3v) is 7.84. The summed E-state index contributed by atoms with van der Waals surface area (Å²) in [7, 11) is 1.58. The number of rotatable bonds is 9. The molecule has 4 heterocycles. The Morgan fingerprint density at radius 1 is 0.789 bits per heavy atom.